The average molecular weight is 513 g/mol. The van der Waals surface area contributed by atoms with E-state index in [4.69, 9.17) is 9.47 Å². The Morgan fingerprint density at radius 2 is 1.05 bits per heavy atom. The quantitative estimate of drug-likeness (QED) is 0.151. The Bertz CT molecular complexity index is 981. The molecule has 0 aliphatic heterocycles. The van der Waals surface area contributed by atoms with Crippen LogP contribution in [0.25, 0.3) is 12.2 Å². The third kappa shape index (κ3) is 8.77. The second-order valence-corrected chi connectivity index (χ2v) is 8.75. The van der Waals surface area contributed by atoms with Gasteiger partial charge in [0.25, 0.3) is 0 Å². The van der Waals surface area contributed by atoms with Crippen molar-refractivity contribution in [3.63, 3.8) is 0 Å². The summed E-state index contributed by atoms with van der Waals surface area (Å²) in [6, 6.07) is 12.6. The predicted molar refractivity (Wildman–Crippen MR) is 141 cm³/mol. The maximum atomic E-state index is 11.8. The molecule has 0 radical (unpaired) electrons. The Hall–Kier alpha value is -3.62. The molecule has 4 N–H and O–H groups in total. The summed E-state index contributed by atoms with van der Waals surface area (Å²) >= 11 is 0. The standard InChI is InChI=1S/C29H36O8/c1-3-5-7-27(34)36-23-13-9-21(10-14-23)17-25(32)29(19-30,20-31)26(33)18-22-11-15-24(16-12-22)37-28(35)8-6-4-2/h9-18,30-33H,3-8,19-20H2,1-2H3. The number of aliphatic hydroxyl groups excluding tert-OH is 4. The molecule has 0 heterocycles. The summed E-state index contributed by atoms with van der Waals surface area (Å²) in [7, 11) is 0. The topological polar surface area (TPSA) is 134 Å². The molecule has 0 unspecified atom stereocenters. The minimum absolute atomic E-state index is 0.326. The van der Waals surface area contributed by atoms with E-state index in [-0.39, 0.29) is 11.9 Å². The van der Waals surface area contributed by atoms with E-state index in [0.717, 1.165) is 25.7 Å². The molecule has 0 saturated carbocycles. The molecule has 0 fully saturated rings. The highest BCUT2D eigenvalue weighted by Crippen LogP contribution is 2.35. The Kier molecular flexibility index (Phi) is 11.9. The Morgan fingerprint density at radius 3 is 1.35 bits per heavy atom. The maximum Gasteiger partial charge on any atom is 0.311 e. The van der Waals surface area contributed by atoms with E-state index in [0.29, 0.717) is 35.5 Å². The van der Waals surface area contributed by atoms with Crippen LogP contribution in [0, 0.1) is 5.41 Å². The normalized spacial score (nSPS) is 12.3. The van der Waals surface area contributed by atoms with Crippen molar-refractivity contribution in [2.75, 3.05) is 13.2 Å². The summed E-state index contributed by atoms with van der Waals surface area (Å²) in [5.41, 5.74) is -0.852. The lowest BCUT2D eigenvalue weighted by atomic mass is 9.83. The van der Waals surface area contributed by atoms with Crippen LogP contribution in [0.15, 0.2) is 60.0 Å². The lowest BCUT2D eigenvalue weighted by molar-refractivity contribution is -0.135. The van der Waals surface area contributed by atoms with E-state index in [9.17, 15) is 30.0 Å². The third-order valence-corrected chi connectivity index (χ3v) is 5.82. The first-order valence-electron chi connectivity index (χ1n) is 12.4. The zero-order valence-corrected chi connectivity index (χ0v) is 21.4. The van der Waals surface area contributed by atoms with Crippen molar-refractivity contribution in [3.8, 4) is 11.5 Å². The van der Waals surface area contributed by atoms with Gasteiger partial charge in [-0.1, -0.05) is 51.0 Å². The molecule has 37 heavy (non-hydrogen) atoms. The van der Waals surface area contributed by atoms with Gasteiger partial charge >= 0.3 is 11.9 Å². The highest BCUT2D eigenvalue weighted by molar-refractivity contribution is 5.73. The second-order valence-electron chi connectivity index (χ2n) is 8.75. The summed E-state index contributed by atoms with van der Waals surface area (Å²) in [6.45, 7) is 2.43. The fraction of sp³-hybridized carbons (Fsp3) is 0.379. The van der Waals surface area contributed by atoms with Gasteiger partial charge in [-0.3, -0.25) is 9.59 Å². The van der Waals surface area contributed by atoms with Gasteiger partial charge in [0, 0.05) is 12.8 Å². The highest BCUT2D eigenvalue weighted by Gasteiger charge is 2.38. The van der Waals surface area contributed by atoms with Crippen molar-refractivity contribution < 1.29 is 39.5 Å². The first kappa shape index (κ1) is 29.6. The van der Waals surface area contributed by atoms with Crippen molar-refractivity contribution in [1.29, 1.82) is 0 Å². The van der Waals surface area contributed by atoms with E-state index >= 15 is 0 Å². The van der Waals surface area contributed by atoms with Crippen molar-refractivity contribution in [2.24, 2.45) is 5.41 Å². The van der Waals surface area contributed by atoms with Crippen molar-refractivity contribution in [1.82, 2.24) is 0 Å². The van der Waals surface area contributed by atoms with E-state index < -0.39 is 30.1 Å². The SMILES string of the molecule is CCCCC(=O)Oc1ccc(C=C(O)C(CO)(CO)C(O)=Cc2ccc(OC(=O)CCCC)cc2)cc1. The molecule has 0 aliphatic rings. The van der Waals surface area contributed by atoms with Crippen molar-refractivity contribution in [3.05, 3.63) is 71.2 Å². The number of esters is 2. The number of hydrogen-bond acceptors (Lipinski definition) is 8. The van der Waals surface area contributed by atoms with E-state index in [2.05, 4.69) is 0 Å². The molecule has 0 aromatic heterocycles. The molecule has 8 nitrogen and oxygen atoms in total. The van der Waals surface area contributed by atoms with Crippen molar-refractivity contribution in [2.45, 2.75) is 52.4 Å². The number of carbonyl (C=O) groups excluding carboxylic acids is 2. The zero-order valence-electron chi connectivity index (χ0n) is 21.4. The van der Waals surface area contributed by atoms with Crippen LogP contribution < -0.4 is 9.47 Å². The van der Waals surface area contributed by atoms with Crippen LogP contribution in [-0.4, -0.2) is 45.6 Å². The molecule has 2 aromatic rings. The van der Waals surface area contributed by atoms with Gasteiger partial charge in [-0.25, -0.2) is 0 Å². The van der Waals surface area contributed by atoms with Crippen LogP contribution >= 0.6 is 0 Å². The van der Waals surface area contributed by atoms with Gasteiger partial charge in [0.2, 0.25) is 0 Å². The van der Waals surface area contributed by atoms with Gasteiger partial charge in [0.15, 0.2) is 0 Å². The molecule has 0 atom stereocenters. The molecule has 0 bridgehead atoms. The summed E-state index contributed by atoms with van der Waals surface area (Å²) in [5, 5.41) is 41.6. The number of hydrogen-bond donors (Lipinski definition) is 4. The Labute approximate surface area is 217 Å². The summed E-state index contributed by atoms with van der Waals surface area (Å²) in [6.07, 6.45) is 6.51. The van der Waals surface area contributed by atoms with Crippen LogP contribution in [0.5, 0.6) is 11.5 Å². The van der Waals surface area contributed by atoms with Crippen LogP contribution in [-0.2, 0) is 9.59 Å². The monoisotopic (exact) mass is 512 g/mol. The predicted octanol–water partition coefficient (Wildman–Crippen LogP) is 5.35. The summed E-state index contributed by atoms with van der Waals surface area (Å²) in [5.74, 6) is -0.859. The van der Waals surface area contributed by atoms with E-state index in [1.807, 2.05) is 13.8 Å². The maximum absolute atomic E-state index is 11.8. The third-order valence-electron chi connectivity index (χ3n) is 5.82. The summed E-state index contributed by atoms with van der Waals surface area (Å²) < 4.78 is 10.5. The molecule has 200 valence electrons. The lowest BCUT2D eigenvalue weighted by Crippen LogP contribution is -2.34. The minimum Gasteiger partial charge on any atom is -0.511 e. The second kappa shape index (κ2) is 14.8. The van der Waals surface area contributed by atoms with Gasteiger partial charge < -0.3 is 29.9 Å². The van der Waals surface area contributed by atoms with Crippen LogP contribution in [0.1, 0.15) is 63.5 Å². The number of benzene rings is 2. The Balaban J connectivity index is 2.18. The number of aliphatic hydroxyl groups is 4. The van der Waals surface area contributed by atoms with Crippen LogP contribution in [0.4, 0.5) is 0 Å². The molecule has 0 spiro atoms. The molecule has 2 rings (SSSR count). The minimum atomic E-state index is -1.85. The lowest BCUT2D eigenvalue weighted by Gasteiger charge is -2.28. The van der Waals surface area contributed by atoms with E-state index in [1.165, 1.54) is 12.2 Å². The fourth-order valence-corrected chi connectivity index (χ4v) is 3.37. The average Bonchev–Trinajstić information content (AvgIpc) is 2.89. The number of unbranched alkanes of at least 4 members (excludes halogenated alkanes) is 2. The largest absolute Gasteiger partial charge is 0.511 e. The Morgan fingerprint density at radius 1 is 0.703 bits per heavy atom. The first-order chi connectivity index (χ1) is 17.8. The number of ether oxygens (including phenoxy) is 2. The van der Waals surface area contributed by atoms with Gasteiger partial charge in [-0.05, 0) is 60.4 Å². The molecular weight excluding hydrogens is 476 g/mol. The first-order valence-corrected chi connectivity index (χ1v) is 12.4. The van der Waals surface area contributed by atoms with Crippen LogP contribution in [0.3, 0.4) is 0 Å². The van der Waals surface area contributed by atoms with Gasteiger partial charge in [-0.15, -0.1) is 0 Å². The molecule has 0 amide bonds. The van der Waals surface area contributed by atoms with Gasteiger partial charge in [0.05, 0.1) is 13.2 Å². The number of carbonyl (C=O) groups is 2. The molecule has 0 saturated heterocycles. The zero-order chi connectivity index (χ0) is 27.3. The molecular formula is C29H36O8. The van der Waals surface area contributed by atoms with Crippen molar-refractivity contribution >= 4 is 24.1 Å². The summed E-state index contributed by atoms with van der Waals surface area (Å²) in [4.78, 5) is 23.6. The van der Waals surface area contributed by atoms with Gasteiger partial charge in [0.1, 0.15) is 28.4 Å². The fourth-order valence-electron chi connectivity index (χ4n) is 3.37. The number of rotatable bonds is 14. The molecule has 2 aromatic carbocycles. The van der Waals surface area contributed by atoms with Gasteiger partial charge in [-0.2, -0.15) is 0 Å². The smallest absolute Gasteiger partial charge is 0.311 e. The molecule has 8 heteroatoms. The molecule has 0 aliphatic carbocycles. The van der Waals surface area contributed by atoms with Crippen LogP contribution in [0.2, 0.25) is 0 Å². The van der Waals surface area contributed by atoms with E-state index in [1.54, 1.807) is 48.5 Å². The highest BCUT2D eigenvalue weighted by atomic mass is 16.5.